The van der Waals surface area contributed by atoms with Crippen molar-refractivity contribution in [3.05, 3.63) is 208 Å². The lowest BCUT2D eigenvalue weighted by atomic mass is 10.0. The second-order valence-corrected chi connectivity index (χ2v) is 17.9. The second kappa shape index (κ2) is 17.7. The molecule has 0 amide bonds. The molecule has 8 rings (SSSR count). The van der Waals surface area contributed by atoms with Crippen LogP contribution < -0.4 is 0 Å². The first-order valence-electron chi connectivity index (χ1n) is 19.2. The number of hydrogen-bond acceptors (Lipinski definition) is 4. The molecule has 7 aromatic rings. The highest BCUT2D eigenvalue weighted by atomic mass is 127. The van der Waals surface area contributed by atoms with Crippen molar-refractivity contribution in [3.63, 3.8) is 0 Å². The lowest BCUT2D eigenvalue weighted by Crippen LogP contribution is -2.05. The van der Waals surface area contributed by atoms with Crippen molar-refractivity contribution >= 4 is 67.1 Å². The van der Waals surface area contributed by atoms with Gasteiger partial charge in [-0.2, -0.15) is 0 Å². The number of rotatable bonds is 11. The zero-order valence-electron chi connectivity index (χ0n) is 32.6. The van der Waals surface area contributed by atoms with Crippen LogP contribution in [0.3, 0.4) is 0 Å². The minimum atomic E-state index is -1.27. The molecule has 5 aromatic carbocycles. The molecular formula is C51H43IN6. The van der Waals surface area contributed by atoms with E-state index >= 15 is 0 Å². The first-order valence-corrected chi connectivity index (χ1v) is 23.2. The van der Waals surface area contributed by atoms with E-state index in [0.29, 0.717) is 11.5 Å². The molecule has 0 atom stereocenters. The Bertz CT molecular complexity index is 2850. The summed E-state index contributed by atoms with van der Waals surface area (Å²) in [5, 5.41) is 0. The first-order chi connectivity index (χ1) is 28.4. The average molecular weight is 867 g/mol. The summed E-state index contributed by atoms with van der Waals surface area (Å²) in [6.07, 6.45) is 9.70. The van der Waals surface area contributed by atoms with Crippen molar-refractivity contribution in [2.24, 2.45) is 15.0 Å². The molecule has 0 radical (unpaired) electrons. The molecule has 3 heterocycles. The van der Waals surface area contributed by atoms with Crippen LogP contribution in [0, 0.1) is 0 Å². The molecule has 0 saturated heterocycles. The van der Waals surface area contributed by atoms with Gasteiger partial charge in [-0.3, -0.25) is 14.5 Å². The summed E-state index contributed by atoms with van der Waals surface area (Å²) < 4.78 is 10.9. The van der Waals surface area contributed by atoms with E-state index in [9.17, 15) is 0 Å². The van der Waals surface area contributed by atoms with Gasteiger partial charge in [0, 0.05) is 40.6 Å². The molecule has 1 aliphatic heterocycles. The number of halogens is 1. The minimum Gasteiger partial charge on any atom is -0.292 e. The normalized spacial score (nSPS) is 13.7. The van der Waals surface area contributed by atoms with Gasteiger partial charge < -0.3 is 0 Å². The van der Waals surface area contributed by atoms with Gasteiger partial charge in [0.05, 0.1) is 22.4 Å². The predicted octanol–water partition coefficient (Wildman–Crippen LogP) is 12.1. The van der Waals surface area contributed by atoms with E-state index in [1.807, 2.05) is 55.5 Å². The Balaban J connectivity index is 1.06. The monoisotopic (exact) mass is 866 g/mol. The maximum Gasteiger partial charge on any atom is 0.160 e. The number of allylic oxidation sites excluding steroid dienone is 3. The lowest BCUT2D eigenvalue weighted by molar-refractivity contribution is 0.959. The Labute approximate surface area is 346 Å². The summed E-state index contributed by atoms with van der Waals surface area (Å²) in [7, 11) is 0. The molecule has 0 aliphatic carbocycles. The van der Waals surface area contributed by atoms with Crippen LogP contribution in [0.4, 0.5) is 5.69 Å². The van der Waals surface area contributed by atoms with Crippen molar-refractivity contribution in [1.29, 1.82) is 0 Å². The van der Waals surface area contributed by atoms with Crippen molar-refractivity contribution in [2.45, 2.75) is 26.7 Å². The summed E-state index contributed by atoms with van der Waals surface area (Å²) in [5.41, 5.74) is 14.0. The second-order valence-electron chi connectivity index (χ2n) is 14.0. The van der Waals surface area contributed by atoms with E-state index in [1.54, 1.807) is 12.4 Å². The van der Waals surface area contributed by atoms with Crippen LogP contribution in [0.1, 0.15) is 41.7 Å². The number of aryl methyl sites for hydroxylation is 2. The highest BCUT2D eigenvalue weighted by molar-refractivity contribution is 14.2. The third kappa shape index (κ3) is 8.85. The molecule has 58 heavy (non-hydrogen) atoms. The fourth-order valence-electron chi connectivity index (χ4n) is 6.85. The van der Waals surface area contributed by atoms with Crippen molar-refractivity contribution < 1.29 is 0 Å². The van der Waals surface area contributed by atoms with Gasteiger partial charge in [-0.05, 0) is 117 Å². The molecule has 0 spiro atoms. The van der Waals surface area contributed by atoms with E-state index in [-0.39, 0.29) is 0 Å². The highest BCUT2D eigenvalue weighted by Crippen LogP contribution is 2.30. The molecule has 284 valence electrons. The van der Waals surface area contributed by atoms with Gasteiger partial charge in [0.15, 0.2) is 5.84 Å². The zero-order valence-corrected chi connectivity index (χ0v) is 34.8. The molecular weight excluding hydrogens is 824 g/mol. The fourth-order valence-corrected chi connectivity index (χ4v) is 8.78. The third-order valence-corrected chi connectivity index (χ3v) is 12.6. The van der Waals surface area contributed by atoms with Crippen molar-refractivity contribution in [3.8, 4) is 17.1 Å². The summed E-state index contributed by atoms with van der Waals surface area (Å²) in [6, 6.07) is 47.7. The topological polar surface area (TPSA) is 67.8 Å². The standard InChI is InChI=1S/C51H43IN6/c1-36(42-28-32-52(4)33-29-42)54-47-15-9-8-14-43(47)21-18-39-19-22-44(23-20-39)50(55-37(2)40-12-6-5-7-13-40)56-38(3)41-24-26-46(27-25-41)58-49-17-11-10-16-48(49)57-51(58)45-30-34-53-35-31-45/h5-17,19-20,22-35H,3-4,18,21H2,1-2H3. The van der Waals surface area contributed by atoms with E-state index < -0.39 is 18.9 Å². The summed E-state index contributed by atoms with van der Waals surface area (Å²) >= 11 is -1.27. The van der Waals surface area contributed by atoms with Gasteiger partial charge in [0.1, 0.15) is 5.82 Å². The van der Waals surface area contributed by atoms with Crippen LogP contribution >= 0.6 is 18.9 Å². The van der Waals surface area contributed by atoms with Gasteiger partial charge in [0.2, 0.25) is 0 Å². The van der Waals surface area contributed by atoms with E-state index in [2.05, 4.69) is 139 Å². The SMILES string of the molecule is C=C(N=C(N=C(C)c1ccccc1)c1ccc(CCc2ccccc2N=C(C)C2=CC=I(=C)C=C2)cc1)c1ccc(-n2c(-c3ccncc3)nc3ccccc32)cc1. The Morgan fingerprint density at radius 2 is 1.40 bits per heavy atom. The molecule has 1 aliphatic rings. The third-order valence-electron chi connectivity index (χ3n) is 10.1. The molecule has 0 saturated carbocycles. The van der Waals surface area contributed by atoms with Gasteiger partial charge in [-0.1, -0.05) is 108 Å². The maximum atomic E-state index is 5.09. The quantitative estimate of drug-likeness (QED) is 0.0738. The van der Waals surface area contributed by atoms with E-state index in [1.165, 1.54) is 11.1 Å². The zero-order chi connectivity index (χ0) is 39.8. The number of hydrogen-bond donors (Lipinski definition) is 0. The van der Waals surface area contributed by atoms with E-state index in [4.69, 9.17) is 20.0 Å². The van der Waals surface area contributed by atoms with Gasteiger partial charge >= 0.3 is 0 Å². The molecule has 2 aromatic heterocycles. The highest BCUT2D eigenvalue weighted by Gasteiger charge is 2.15. The molecule has 7 heteroatoms. The predicted molar refractivity (Wildman–Crippen MR) is 256 cm³/mol. The molecule has 0 N–H and O–H groups in total. The van der Waals surface area contributed by atoms with Gasteiger partial charge in [0.25, 0.3) is 0 Å². The molecule has 0 bridgehead atoms. The minimum absolute atomic E-state index is 0.606. The van der Waals surface area contributed by atoms with Crippen LogP contribution in [0.15, 0.2) is 195 Å². The van der Waals surface area contributed by atoms with Gasteiger partial charge in [-0.15, -0.1) is 18.9 Å². The molecule has 6 nitrogen and oxygen atoms in total. The number of pyridine rings is 1. The number of para-hydroxylation sites is 3. The number of benzene rings is 5. The number of aliphatic imine (C=N–C) groups is 3. The Morgan fingerprint density at radius 1 is 0.690 bits per heavy atom. The van der Waals surface area contributed by atoms with Crippen molar-refractivity contribution in [2.75, 3.05) is 0 Å². The summed E-state index contributed by atoms with van der Waals surface area (Å²) in [5.74, 6) is 1.46. The number of fused-ring (bicyclic) bond motifs is 1. The lowest BCUT2D eigenvalue weighted by Gasteiger charge is -2.11. The molecule has 0 unspecified atom stereocenters. The largest absolute Gasteiger partial charge is 0.292 e. The van der Waals surface area contributed by atoms with Gasteiger partial charge in [-0.25, -0.2) is 15.0 Å². The maximum absolute atomic E-state index is 5.09. The molecule has 0 fully saturated rings. The Kier molecular flexibility index (Phi) is 11.7. The van der Waals surface area contributed by atoms with Crippen LogP contribution in [0.5, 0.6) is 0 Å². The van der Waals surface area contributed by atoms with Crippen LogP contribution in [0.25, 0.3) is 33.8 Å². The average Bonchev–Trinajstić information content (AvgIpc) is 3.67. The fraction of sp³-hybridized carbons (Fsp3) is 0.0784. The Morgan fingerprint density at radius 3 is 2.16 bits per heavy atom. The number of nitrogens with zero attached hydrogens (tertiary/aromatic N) is 6. The summed E-state index contributed by atoms with van der Waals surface area (Å²) in [4.78, 5) is 24.4. The van der Waals surface area contributed by atoms with Crippen LogP contribution in [-0.2, 0) is 12.8 Å². The first kappa shape index (κ1) is 38.3. The number of imidazole rings is 1. The number of amidine groups is 1. The number of aromatic nitrogens is 3. The Hall–Kier alpha value is -6.58. The van der Waals surface area contributed by atoms with E-state index in [0.717, 1.165) is 80.3 Å². The smallest absolute Gasteiger partial charge is 0.160 e. The van der Waals surface area contributed by atoms with Crippen molar-refractivity contribution in [1.82, 2.24) is 14.5 Å². The van der Waals surface area contributed by atoms with Crippen LogP contribution in [0.2, 0.25) is 0 Å². The summed E-state index contributed by atoms with van der Waals surface area (Å²) in [6.45, 7) is 8.52. The van der Waals surface area contributed by atoms with Crippen LogP contribution in [-0.4, -0.2) is 40.3 Å².